The molecule has 0 aliphatic carbocycles. The van der Waals surface area contributed by atoms with Crippen molar-refractivity contribution in [3.8, 4) is 0 Å². The van der Waals surface area contributed by atoms with Gasteiger partial charge in [-0.1, -0.05) is 0 Å². The number of hydrogen-bond acceptors (Lipinski definition) is 3. The lowest BCUT2D eigenvalue weighted by atomic mass is 10.00. The molecule has 0 saturated carbocycles. The summed E-state index contributed by atoms with van der Waals surface area (Å²) in [6.45, 7) is 2.96. The van der Waals surface area contributed by atoms with E-state index in [0.29, 0.717) is 16.9 Å². The highest BCUT2D eigenvalue weighted by Gasteiger charge is 2.33. The van der Waals surface area contributed by atoms with Crippen molar-refractivity contribution in [1.29, 1.82) is 0 Å². The van der Waals surface area contributed by atoms with Gasteiger partial charge in [-0.15, -0.1) is 0 Å². The van der Waals surface area contributed by atoms with E-state index in [9.17, 15) is 9.18 Å². The third-order valence-electron chi connectivity index (χ3n) is 3.74. The molecule has 2 heterocycles. The first-order chi connectivity index (χ1) is 9.01. The van der Waals surface area contributed by atoms with Gasteiger partial charge in [0.05, 0.1) is 11.1 Å². The summed E-state index contributed by atoms with van der Waals surface area (Å²) in [5.41, 5.74) is 5.75. The number of primary amides is 1. The van der Waals surface area contributed by atoms with Crippen LogP contribution in [0.2, 0.25) is 0 Å². The second-order valence-corrected chi connectivity index (χ2v) is 5.13. The predicted molar refractivity (Wildman–Crippen MR) is 69.2 cm³/mol. The lowest BCUT2D eigenvalue weighted by molar-refractivity contribution is 0.0998. The quantitative estimate of drug-likeness (QED) is 0.765. The van der Waals surface area contributed by atoms with Crippen molar-refractivity contribution in [2.24, 2.45) is 5.73 Å². The van der Waals surface area contributed by atoms with Crippen molar-refractivity contribution < 1.29 is 9.18 Å². The maximum absolute atomic E-state index is 13.7. The van der Waals surface area contributed by atoms with E-state index in [2.05, 4.69) is 15.3 Å². The van der Waals surface area contributed by atoms with Crippen LogP contribution in [0.25, 0.3) is 11.0 Å². The van der Waals surface area contributed by atoms with Crippen LogP contribution in [0.1, 0.15) is 35.9 Å². The normalized spacial score (nSPS) is 23.1. The van der Waals surface area contributed by atoms with Gasteiger partial charge < -0.3 is 16.0 Å². The van der Waals surface area contributed by atoms with E-state index in [1.54, 1.807) is 6.07 Å². The number of hydrogen-bond donors (Lipinski definition) is 3. The van der Waals surface area contributed by atoms with Crippen molar-refractivity contribution in [2.45, 2.75) is 25.3 Å². The second kappa shape index (κ2) is 4.03. The molecule has 1 aromatic heterocycles. The Morgan fingerprint density at radius 1 is 1.53 bits per heavy atom. The van der Waals surface area contributed by atoms with Crippen LogP contribution in [0.15, 0.2) is 12.1 Å². The SMILES string of the molecule is CC1(c2nc3c(C(N)=O)c(F)ccc3[nH]2)CCCN1. The number of aromatic amines is 1. The minimum absolute atomic E-state index is 0.151. The molecule has 1 aliphatic rings. The van der Waals surface area contributed by atoms with Gasteiger partial charge >= 0.3 is 0 Å². The molecule has 1 amide bonds. The highest BCUT2D eigenvalue weighted by molar-refractivity contribution is 6.04. The smallest absolute Gasteiger partial charge is 0.253 e. The van der Waals surface area contributed by atoms with E-state index in [0.717, 1.165) is 19.4 Å². The number of fused-ring (bicyclic) bond motifs is 1. The molecule has 1 saturated heterocycles. The van der Waals surface area contributed by atoms with Crippen molar-refractivity contribution in [2.75, 3.05) is 6.54 Å². The van der Waals surface area contributed by atoms with Crippen LogP contribution in [0.4, 0.5) is 4.39 Å². The molecule has 5 nitrogen and oxygen atoms in total. The highest BCUT2D eigenvalue weighted by Crippen LogP contribution is 2.30. The first-order valence-corrected chi connectivity index (χ1v) is 6.25. The van der Waals surface area contributed by atoms with E-state index >= 15 is 0 Å². The van der Waals surface area contributed by atoms with Crippen LogP contribution in [-0.2, 0) is 5.54 Å². The first kappa shape index (κ1) is 12.1. The third kappa shape index (κ3) is 1.79. The molecule has 0 spiro atoms. The molecule has 0 bridgehead atoms. The van der Waals surface area contributed by atoms with Crippen molar-refractivity contribution in [3.05, 3.63) is 29.3 Å². The number of nitrogens with one attached hydrogen (secondary N) is 2. The van der Waals surface area contributed by atoms with E-state index in [1.165, 1.54) is 6.07 Å². The number of imidazole rings is 1. The fraction of sp³-hybridized carbons (Fsp3) is 0.385. The average Bonchev–Trinajstić information content (AvgIpc) is 2.95. The molecule has 1 atom stereocenters. The van der Waals surface area contributed by atoms with Crippen molar-refractivity contribution in [1.82, 2.24) is 15.3 Å². The van der Waals surface area contributed by atoms with Crippen LogP contribution < -0.4 is 11.1 Å². The lowest BCUT2D eigenvalue weighted by Gasteiger charge is -2.21. The number of carbonyl (C=O) groups excluding carboxylic acids is 1. The van der Waals surface area contributed by atoms with Crippen LogP contribution in [0.5, 0.6) is 0 Å². The number of rotatable bonds is 2. The molecule has 0 radical (unpaired) electrons. The number of halogens is 1. The van der Waals surface area contributed by atoms with Gasteiger partial charge in [0.2, 0.25) is 0 Å². The number of benzene rings is 1. The van der Waals surface area contributed by atoms with Gasteiger partial charge in [0, 0.05) is 0 Å². The van der Waals surface area contributed by atoms with Crippen LogP contribution >= 0.6 is 0 Å². The molecular formula is C13H15FN4O. The fourth-order valence-corrected chi connectivity index (χ4v) is 2.64. The van der Waals surface area contributed by atoms with E-state index < -0.39 is 11.7 Å². The Morgan fingerprint density at radius 3 is 2.95 bits per heavy atom. The molecule has 1 aliphatic heterocycles. The van der Waals surface area contributed by atoms with Crippen molar-refractivity contribution >= 4 is 16.9 Å². The number of nitrogens with two attached hydrogens (primary N) is 1. The summed E-state index contributed by atoms with van der Waals surface area (Å²) >= 11 is 0. The Labute approximate surface area is 109 Å². The van der Waals surface area contributed by atoms with Crippen LogP contribution in [0.3, 0.4) is 0 Å². The minimum Gasteiger partial charge on any atom is -0.365 e. The van der Waals surface area contributed by atoms with E-state index in [4.69, 9.17) is 5.73 Å². The second-order valence-electron chi connectivity index (χ2n) is 5.13. The zero-order valence-electron chi connectivity index (χ0n) is 10.6. The maximum atomic E-state index is 13.7. The van der Waals surface area contributed by atoms with Crippen molar-refractivity contribution in [3.63, 3.8) is 0 Å². The molecule has 2 aromatic rings. The molecule has 19 heavy (non-hydrogen) atoms. The summed E-state index contributed by atoms with van der Waals surface area (Å²) in [5, 5.41) is 3.37. The Bertz CT molecular complexity index is 658. The summed E-state index contributed by atoms with van der Waals surface area (Å²) < 4.78 is 13.7. The molecule has 100 valence electrons. The summed E-state index contributed by atoms with van der Waals surface area (Å²) in [7, 11) is 0. The number of nitrogens with zero attached hydrogens (tertiary/aromatic N) is 1. The summed E-state index contributed by atoms with van der Waals surface area (Å²) in [4.78, 5) is 18.9. The molecule has 1 unspecified atom stereocenters. The zero-order valence-corrected chi connectivity index (χ0v) is 10.6. The van der Waals surface area contributed by atoms with E-state index in [-0.39, 0.29) is 11.1 Å². The summed E-state index contributed by atoms with van der Waals surface area (Å²) in [6, 6.07) is 2.81. The average molecular weight is 262 g/mol. The number of aromatic nitrogens is 2. The van der Waals surface area contributed by atoms with Crippen LogP contribution in [0, 0.1) is 5.82 Å². The molecular weight excluding hydrogens is 247 g/mol. The number of amides is 1. The molecule has 4 N–H and O–H groups in total. The Hall–Kier alpha value is -1.95. The van der Waals surface area contributed by atoms with Gasteiger partial charge in [0.1, 0.15) is 22.7 Å². The monoisotopic (exact) mass is 262 g/mol. The Balaban J connectivity index is 2.21. The van der Waals surface area contributed by atoms with Gasteiger partial charge in [0.25, 0.3) is 5.91 Å². The highest BCUT2D eigenvalue weighted by atomic mass is 19.1. The Morgan fingerprint density at radius 2 is 2.32 bits per heavy atom. The molecule has 3 rings (SSSR count). The number of carbonyl (C=O) groups is 1. The fourth-order valence-electron chi connectivity index (χ4n) is 2.64. The van der Waals surface area contributed by atoms with Gasteiger partial charge in [-0.25, -0.2) is 9.37 Å². The summed E-state index contributed by atoms with van der Waals surface area (Å²) in [6.07, 6.45) is 2.01. The van der Waals surface area contributed by atoms with Gasteiger partial charge in [-0.3, -0.25) is 4.79 Å². The largest absolute Gasteiger partial charge is 0.365 e. The first-order valence-electron chi connectivity index (χ1n) is 6.25. The van der Waals surface area contributed by atoms with Gasteiger partial charge in [-0.05, 0) is 38.4 Å². The molecule has 1 fully saturated rings. The topological polar surface area (TPSA) is 83.8 Å². The van der Waals surface area contributed by atoms with Gasteiger partial charge in [-0.2, -0.15) is 0 Å². The lowest BCUT2D eigenvalue weighted by Crippen LogP contribution is -2.34. The third-order valence-corrected chi connectivity index (χ3v) is 3.74. The van der Waals surface area contributed by atoms with E-state index in [1.807, 2.05) is 6.92 Å². The molecule has 6 heteroatoms. The Kier molecular flexibility index (Phi) is 2.56. The standard InChI is InChI=1S/C13H15FN4O/c1-13(5-2-6-16-13)12-17-8-4-3-7(14)9(11(15)19)10(8)18-12/h3-4,16H,2,5-6H2,1H3,(H2,15,19)(H,17,18). The summed E-state index contributed by atoms with van der Waals surface area (Å²) in [5.74, 6) is -0.721. The molecule has 1 aromatic carbocycles. The van der Waals surface area contributed by atoms with Crippen LogP contribution in [-0.4, -0.2) is 22.4 Å². The maximum Gasteiger partial charge on any atom is 0.253 e. The zero-order chi connectivity index (χ0) is 13.6. The minimum atomic E-state index is -0.800. The van der Waals surface area contributed by atoms with Gasteiger partial charge in [0.15, 0.2) is 0 Å². The predicted octanol–water partition coefficient (Wildman–Crippen LogP) is 1.40. The number of H-pyrrole nitrogens is 1.